The smallest absolute Gasteiger partial charge is 0.227 e. The number of hydrogen-bond donors (Lipinski definition) is 1. The van der Waals surface area contributed by atoms with Gasteiger partial charge in [-0.15, -0.1) is 11.3 Å². The predicted molar refractivity (Wildman–Crippen MR) is 82.9 cm³/mol. The van der Waals surface area contributed by atoms with Crippen molar-refractivity contribution in [1.29, 1.82) is 0 Å². The summed E-state index contributed by atoms with van der Waals surface area (Å²) in [5.41, 5.74) is 0. The first-order valence-electron chi connectivity index (χ1n) is 7.37. The van der Waals surface area contributed by atoms with Gasteiger partial charge >= 0.3 is 0 Å². The fraction of sp³-hybridized carbons (Fsp3) is 0.438. The van der Waals surface area contributed by atoms with E-state index in [1.165, 1.54) is 4.88 Å². The molecule has 3 rings (SSSR count). The molecule has 1 aliphatic rings. The number of carbonyl (C=O) groups excluding carboxylic acids is 1. The molecule has 1 unspecified atom stereocenters. The van der Waals surface area contributed by atoms with Gasteiger partial charge in [0.1, 0.15) is 5.76 Å². The molecule has 112 valence electrons. The largest absolute Gasteiger partial charge is 0.467 e. The van der Waals surface area contributed by atoms with E-state index in [1.807, 2.05) is 28.5 Å². The number of carbonyl (C=O) groups is 1. The van der Waals surface area contributed by atoms with Crippen LogP contribution in [0, 0.1) is 5.92 Å². The van der Waals surface area contributed by atoms with Crippen molar-refractivity contribution in [2.45, 2.75) is 25.9 Å². The number of rotatable bonds is 5. The molecule has 0 saturated carbocycles. The van der Waals surface area contributed by atoms with E-state index in [0.29, 0.717) is 13.1 Å². The molecule has 3 heterocycles. The van der Waals surface area contributed by atoms with E-state index in [4.69, 9.17) is 4.42 Å². The molecule has 5 heteroatoms. The van der Waals surface area contributed by atoms with Crippen molar-refractivity contribution >= 4 is 17.2 Å². The average Bonchev–Trinajstić information content (AvgIpc) is 3.20. The van der Waals surface area contributed by atoms with Crippen molar-refractivity contribution < 1.29 is 9.21 Å². The van der Waals surface area contributed by atoms with E-state index in [2.05, 4.69) is 11.4 Å². The zero-order valence-corrected chi connectivity index (χ0v) is 12.8. The third-order valence-corrected chi connectivity index (χ3v) is 4.67. The third kappa shape index (κ3) is 3.74. The summed E-state index contributed by atoms with van der Waals surface area (Å²) in [6.07, 6.45) is 3.71. The van der Waals surface area contributed by atoms with Crippen molar-refractivity contribution in [2.75, 3.05) is 13.1 Å². The maximum absolute atomic E-state index is 12.8. The molecule has 0 radical (unpaired) electrons. The van der Waals surface area contributed by atoms with Crippen LogP contribution in [-0.2, 0) is 17.9 Å². The van der Waals surface area contributed by atoms with Crippen LogP contribution in [0.15, 0.2) is 40.3 Å². The van der Waals surface area contributed by atoms with Crippen LogP contribution in [0.1, 0.15) is 23.5 Å². The van der Waals surface area contributed by atoms with E-state index in [9.17, 15) is 4.79 Å². The van der Waals surface area contributed by atoms with Gasteiger partial charge in [0.25, 0.3) is 0 Å². The Morgan fingerprint density at radius 3 is 3.00 bits per heavy atom. The Labute approximate surface area is 128 Å². The van der Waals surface area contributed by atoms with Crippen LogP contribution in [0.4, 0.5) is 0 Å². The van der Waals surface area contributed by atoms with E-state index >= 15 is 0 Å². The summed E-state index contributed by atoms with van der Waals surface area (Å²) in [6.45, 7) is 3.01. The first-order valence-corrected chi connectivity index (χ1v) is 8.25. The maximum atomic E-state index is 12.8. The monoisotopic (exact) mass is 304 g/mol. The number of nitrogens with zero attached hydrogens (tertiary/aromatic N) is 1. The SMILES string of the molecule is O=C(C1CCCNC1)N(Cc1ccco1)Cc1cccs1. The van der Waals surface area contributed by atoms with Crippen molar-refractivity contribution in [3.63, 3.8) is 0 Å². The number of furan rings is 1. The number of hydrogen-bond acceptors (Lipinski definition) is 4. The summed E-state index contributed by atoms with van der Waals surface area (Å²) < 4.78 is 5.41. The van der Waals surface area contributed by atoms with Gasteiger partial charge in [0, 0.05) is 11.4 Å². The Bertz CT molecular complexity index is 509. The second-order valence-electron chi connectivity index (χ2n) is 5.40. The van der Waals surface area contributed by atoms with Gasteiger partial charge in [-0.05, 0) is 43.0 Å². The molecule has 1 amide bonds. The fourth-order valence-electron chi connectivity index (χ4n) is 2.71. The maximum Gasteiger partial charge on any atom is 0.227 e. The van der Waals surface area contributed by atoms with Crippen LogP contribution in [0.5, 0.6) is 0 Å². The number of amides is 1. The molecule has 21 heavy (non-hydrogen) atoms. The quantitative estimate of drug-likeness (QED) is 0.924. The lowest BCUT2D eigenvalue weighted by atomic mass is 9.98. The molecule has 0 bridgehead atoms. The summed E-state index contributed by atoms with van der Waals surface area (Å²) in [5, 5.41) is 5.37. The number of nitrogens with one attached hydrogen (secondary N) is 1. The van der Waals surface area contributed by atoms with Crippen LogP contribution in [-0.4, -0.2) is 23.9 Å². The Kier molecular flexibility index (Phi) is 4.72. The van der Waals surface area contributed by atoms with Crippen LogP contribution < -0.4 is 5.32 Å². The average molecular weight is 304 g/mol. The lowest BCUT2D eigenvalue weighted by Crippen LogP contribution is -2.42. The van der Waals surface area contributed by atoms with Crippen molar-refractivity contribution in [3.8, 4) is 0 Å². The Hall–Kier alpha value is -1.59. The predicted octanol–water partition coefficient (Wildman–Crippen LogP) is 2.87. The van der Waals surface area contributed by atoms with Gasteiger partial charge in [-0.2, -0.15) is 0 Å². The summed E-state index contributed by atoms with van der Waals surface area (Å²) in [5.74, 6) is 1.16. The van der Waals surface area contributed by atoms with Gasteiger partial charge in [-0.3, -0.25) is 4.79 Å². The zero-order valence-electron chi connectivity index (χ0n) is 12.0. The summed E-state index contributed by atoms with van der Waals surface area (Å²) >= 11 is 1.69. The summed E-state index contributed by atoms with van der Waals surface area (Å²) in [7, 11) is 0. The Morgan fingerprint density at radius 1 is 1.38 bits per heavy atom. The zero-order chi connectivity index (χ0) is 14.5. The highest BCUT2D eigenvalue weighted by atomic mass is 32.1. The van der Waals surface area contributed by atoms with Crippen LogP contribution in [0.25, 0.3) is 0 Å². The Morgan fingerprint density at radius 2 is 2.33 bits per heavy atom. The highest BCUT2D eigenvalue weighted by molar-refractivity contribution is 7.09. The summed E-state index contributed by atoms with van der Waals surface area (Å²) in [4.78, 5) is 15.9. The van der Waals surface area contributed by atoms with Crippen LogP contribution >= 0.6 is 11.3 Å². The van der Waals surface area contributed by atoms with Crippen LogP contribution in [0.2, 0.25) is 0 Å². The van der Waals surface area contributed by atoms with Gasteiger partial charge < -0.3 is 14.6 Å². The number of thiophene rings is 1. The van der Waals surface area contributed by atoms with Crippen molar-refractivity contribution in [2.24, 2.45) is 5.92 Å². The van der Waals surface area contributed by atoms with E-state index in [1.54, 1.807) is 17.6 Å². The molecule has 2 aromatic rings. The van der Waals surface area contributed by atoms with Crippen molar-refractivity contribution in [3.05, 3.63) is 46.5 Å². The minimum absolute atomic E-state index is 0.0914. The Balaban J connectivity index is 1.72. The molecule has 2 aromatic heterocycles. The topological polar surface area (TPSA) is 45.5 Å². The molecule has 0 spiro atoms. The fourth-order valence-corrected chi connectivity index (χ4v) is 3.43. The highest BCUT2D eigenvalue weighted by Crippen LogP contribution is 2.20. The first-order chi connectivity index (χ1) is 10.3. The molecular weight excluding hydrogens is 284 g/mol. The minimum Gasteiger partial charge on any atom is -0.467 e. The number of piperidine rings is 1. The second kappa shape index (κ2) is 6.91. The molecule has 1 aliphatic heterocycles. The second-order valence-corrected chi connectivity index (χ2v) is 6.43. The van der Waals surface area contributed by atoms with Gasteiger partial charge in [0.15, 0.2) is 0 Å². The third-order valence-electron chi connectivity index (χ3n) is 3.81. The van der Waals surface area contributed by atoms with E-state index in [0.717, 1.165) is 31.7 Å². The van der Waals surface area contributed by atoms with Crippen molar-refractivity contribution in [1.82, 2.24) is 10.2 Å². The molecular formula is C16H20N2O2S. The lowest BCUT2D eigenvalue weighted by molar-refractivity contribution is -0.137. The normalized spacial score (nSPS) is 18.6. The molecule has 0 aromatic carbocycles. The van der Waals surface area contributed by atoms with E-state index in [-0.39, 0.29) is 11.8 Å². The standard InChI is InChI=1S/C16H20N2O2S/c19-16(13-4-1-7-17-10-13)18(11-14-5-2-8-20-14)12-15-6-3-9-21-15/h2-3,5-6,8-9,13,17H,1,4,7,10-12H2. The highest BCUT2D eigenvalue weighted by Gasteiger charge is 2.26. The lowest BCUT2D eigenvalue weighted by Gasteiger charge is -2.29. The minimum atomic E-state index is 0.0914. The van der Waals surface area contributed by atoms with Gasteiger partial charge in [-0.1, -0.05) is 6.07 Å². The summed E-state index contributed by atoms with van der Waals surface area (Å²) in [6, 6.07) is 7.89. The van der Waals surface area contributed by atoms with Crippen LogP contribution in [0.3, 0.4) is 0 Å². The molecule has 4 nitrogen and oxygen atoms in total. The molecule has 1 fully saturated rings. The molecule has 1 N–H and O–H groups in total. The van der Waals surface area contributed by atoms with Gasteiger partial charge in [0.05, 0.1) is 25.3 Å². The van der Waals surface area contributed by atoms with Gasteiger partial charge in [0.2, 0.25) is 5.91 Å². The molecule has 1 atom stereocenters. The first kappa shape index (κ1) is 14.4. The van der Waals surface area contributed by atoms with E-state index < -0.39 is 0 Å². The molecule has 0 aliphatic carbocycles. The van der Waals surface area contributed by atoms with Gasteiger partial charge in [-0.25, -0.2) is 0 Å². The molecule has 1 saturated heterocycles.